The molecule has 98 valence electrons. The fourth-order valence-corrected chi connectivity index (χ4v) is 2.97. The van der Waals surface area contributed by atoms with E-state index in [0.29, 0.717) is 5.92 Å². The molecule has 3 nitrogen and oxygen atoms in total. The average molecular weight is 247 g/mol. The minimum Gasteiger partial charge on any atom is -0.346 e. The molecule has 2 fully saturated rings. The van der Waals surface area contributed by atoms with Gasteiger partial charge in [-0.05, 0) is 18.5 Å². The van der Waals surface area contributed by atoms with Crippen LogP contribution in [0.2, 0.25) is 0 Å². The Labute approximate surface area is 109 Å². The van der Waals surface area contributed by atoms with E-state index >= 15 is 0 Å². The molecule has 0 radical (unpaired) electrons. The van der Waals surface area contributed by atoms with Crippen LogP contribution in [0.5, 0.6) is 0 Å². The van der Waals surface area contributed by atoms with E-state index in [1.54, 1.807) is 0 Å². The van der Waals surface area contributed by atoms with E-state index in [0.717, 1.165) is 39.3 Å². The van der Waals surface area contributed by atoms with E-state index in [9.17, 15) is 0 Å². The van der Waals surface area contributed by atoms with Crippen LogP contribution in [0.1, 0.15) is 18.9 Å². The van der Waals surface area contributed by atoms with Crippen molar-refractivity contribution in [3.05, 3.63) is 35.9 Å². The van der Waals surface area contributed by atoms with E-state index in [-0.39, 0.29) is 5.79 Å². The Morgan fingerprint density at radius 3 is 2.67 bits per heavy atom. The minimum atomic E-state index is -0.340. The molecule has 1 aromatic rings. The Bertz CT molecular complexity index is 387. The first-order valence-corrected chi connectivity index (χ1v) is 6.83. The van der Waals surface area contributed by atoms with Crippen molar-refractivity contribution < 1.29 is 9.47 Å². The third kappa shape index (κ3) is 2.30. The first kappa shape index (κ1) is 12.2. The molecule has 0 aromatic heterocycles. The van der Waals surface area contributed by atoms with E-state index < -0.39 is 0 Å². The summed E-state index contributed by atoms with van der Waals surface area (Å²) in [6.07, 6.45) is 1.15. The molecule has 0 aliphatic carbocycles. The molecule has 0 saturated carbocycles. The summed E-state index contributed by atoms with van der Waals surface area (Å²) in [4.78, 5) is 2.45. The van der Waals surface area contributed by atoms with Gasteiger partial charge in [0.05, 0.1) is 19.8 Å². The Balaban J connectivity index is 1.68. The summed E-state index contributed by atoms with van der Waals surface area (Å²) in [7, 11) is 0. The van der Waals surface area contributed by atoms with Crippen molar-refractivity contribution in [1.82, 2.24) is 4.90 Å². The van der Waals surface area contributed by atoms with Crippen LogP contribution in [-0.2, 0) is 16.0 Å². The highest BCUT2D eigenvalue weighted by Gasteiger charge is 2.45. The summed E-state index contributed by atoms with van der Waals surface area (Å²) in [6, 6.07) is 10.6. The summed E-state index contributed by atoms with van der Waals surface area (Å²) in [5, 5.41) is 0. The van der Waals surface area contributed by atoms with E-state index in [2.05, 4.69) is 42.2 Å². The molecule has 2 aliphatic heterocycles. The summed E-state index contributed by atoms with van der Waals surface area (Å²) < 4.78 is 11.8. The van der Waals surface area contributed by atoms with Crippen molar-refractivity contribution >= 4 is 0 Å². The van der Waals surface area contributed by atoms with Gasteiger partial charge < -0.3 is 9.47 Å². The third-order valence-electron chi connectivity index (χ3n) is 4.10. The second-order valence-electron chi connectivity index (χ2n) is 5.39. The van der Waals surface area contributed by atoms with Crippen LogP contribution in [0.15, 0.2) is 30.3 Å². The SMILES string of the molecule is C[C@H]1CCN(Cc2ccccc2)CC12OCCO2. The lowest BCUT2D eigenvalue weighted by molar-refractivity contribution is -0.220. The topological polar surface area (TPSA) is 21.7 Å². The molecule has 1 atom stereocenters. The van der Waals surface area contributed by atoms with Crippen molar-refractivity contribution in [2.75, 3.05) is 26.3 Å². The normalized spacial score (nSPS) is 27.7. The third-order valence-corrected chi connectivity index (χ3v) is 4.10. The summed E-state index contributed by atoms with van der Waals surface area (Å²) in [5.74, 6) is 0.152. The number of likely N-dealkylation sites (tertiary alicyclic amines) is 1. The highest BCUT2D eigenvalue weighted by Crippen LogP contribution is 2.35. The number of hydrogen-bond acceptors (Lipinski definition) is 3. The molecular formula is C15H21NO2. The predicted molar refractivity (Wildman–Crippen MR) is 70.1 cm³/mol. The number of benzene rings is 1. The van der Waals surface area contributed by atoms with Gasteiger partial charge in [-0.1, -0.05) is 37.3 Å². The zero-order valence-electron chi connectivity index (χ0n) is 11.0. The molecule has 0 bridgehead atoms. The van der Waals surface area contributed by atoms with Crippen molar-refractivity contribution in [2.24, 2.45) is 5.92 Å². The number of piperidine rings is 1. The molecule has 2 heterocycles. The molecule has 0 unspecified atom stereocenters. The van der Waals surface area contributed by atoms with Crippen LogP contribution in [0.25, 0.3) is 0 Å². The standard InChI is InChI=1S/C15H21NO2/c1-13-7-8-16(11-14-5-3-2-4-6-14)12-15(13)17-9-10-18-15/h2-6,13H,7-12H2,1H3/t13-/m0/s1. The number of ether oxygens (including phenoxy) is 2. The predicted octanol–water partition coefficient (Wildman–Crippen LogP) is 2.27. The molecular weight excluding hydrogens is 226 g/mol. The lowest BCUT2D eigenvalue weighted by Gasteiger charge is -2.43. The van der Waals surface area contributed by atoms with Crippen LogP contribution in [0, 0.1) is 5.92 Å². The fraction of sp³-hybridized carbons (Fsp3) is 0.600. The van der Waals surface area contributed by atoms with Crippen molar-refractivity contribution in [2.45, 2.75) is 25.7 Å². The Morgan fingerprint density at radius 2 is 1.94 bits per heavy atom. The van der Waals surface area contributed by atoms with Gasteiger partial charge in [-0.25, -0.2) is 0 Å². The van der Waals surface area contributed by atoms with E-state index in [1.165, 1.54) is 5.56 Å². The largest absolute Gasteiger partial charge is 0.346 e. The highest BCUT2D eigenvalue weighted by atomic mass is 16.7. The van der Waals surface area contributed by atoms with Gasteiger partial charge in [0.2, 0.25) is 0 Å². The average Bonchev–Trinajstić information content (AvgIpc) is 2.85. The van der Waals surface area contributed by atoms with Crippen LogP contribution >= 0.6 is 0 Å². The molecule has 18 heavy (non-hydrogen) atoms. The lowest BCUT2D eigenvalue weighted by atomic mass is 9.92. The van der Waals surface area contributed by atoms with Gasteiger partial charge in [-0.3, -0.25) is 4.90 Å². The summed E-state index contributed by atoms with van der Waals surface area (Å²) in [5.41, 5.74) is 1.36. The maximum absolute atomic E-state index is 5.90. The molecule has 2 aliphatic rings. The minimum absolute atomic E-state index is 0.340. The molecule has 2 saturated heterocycles. The van der Waals surface area contributed by atoms with Gasteiger partial charge in [-0.2, -0.15) is 0 Å². The van der Waals surface area contributed by atoms with Crippen LogP contribution < -0.4 is 0 Å². The van der Waals surface area contributed by atoms with Crippen molar-refractivity contribution in [3.8, 4) is 0 Å². The number of nitrogens with zero attached hydrogens (tertiary/aromatic N) is 1. The van der Waals surface area contributed by atoms with E-state index in [4.69, 9.17) is 9.47 Å². The summed E-state index contributed by atoms with van der Waals surface area (Å²) in [6.45, 7) is 6.73. The molecule has 1 spiro atoms. The molecule has 1 aromatic carbocycles. The molecule has 0 amide bonds. The monoisotopic (exact) mass is 247 g/mol. The van der Waals surface area contributed by atoms with Crippen LogP contribution in [0.3, 0.4) is 0 Å². The zero-order valence-corrected chi connectivity index (χ0v) is 11.0. The zero-order chi connectivity index (χ0) is 12.4. The lowest BCUT2D eigenvalue weighted by Crippen LogP contribution is -2.53. The van der Waals surface area contributed by atoms with Gasteiger partial charge in [0, 0.05) is 12.5 Å². The number of rotatable bonds is 2. The number of hydrogen-bond donors (Lipinski definition) is 0. The van der Waals surface area contributed by atoms with Gasteiger partial charge in [-0.15, -0.1) is 0 Å². The smallest absolute Gasteiger partial charge is 0.183 e. The summed E-state index contributed by atoms with van der Waals surface area (Å²) >= 11 is 0. The quantitative estimate of drug-likeness (QED) is 0.800. The van der Waals surface area contributed by atoms with Crippen LogP contribution in [0.4, 0.5) is 0 Å². The first-order chi connectivity index (χ1) is 8.78. The van der Waals surface area contributed by atoms with Crippen molar-refractivity contribution in [3.63, 3.8) is 0 Å². The maximum atomic E-state index is 5.90. The van der Waals surface area contributed by atoms with Gasteiger partial charge in [0.1, 0.15) is 0 Å². The molecule has 0 N–H and O–H groups in total. The molecule has 3 rings (SSSR count). The first-order valence-electron chi connectivity index (χ1n) is 6.83. The van der Waals surface area contributed by atoms with Gasteiger partial charge in [0.25, 0.3) is 0 Å². The maximum Gasteiger partial charge on any atom is 0.183 e. The highest BCUT2D eigenvalue weighted by molar-refractivity contribution is 5.14. The Morgan fingerprint density at radius 1 is 1.22 bits per heavy atom. The Hall–Kier alpha value is -0.900. The molecule has 3 heteroatoms. The van der Waals surface area contributed by atoms with Gasteiger partial charge >= 0.3 is 0 Å². The second-order valence-corrected chi connectivity index (χ2v) is 5.39. The van der Waals surface area contributed by atoms with Crippen molar-refractivity contribution in [1.29, 1.82) is 0 Å². The van der Waals surface area contributed by atoms with E-state index in [1.807, 2.05) is 0 Å². The van der Waals surface area contributed by atoms with Crippen LogP contribution in [-0.4, -0.2) is 37.0 Å². The Kier molecular flexibility index (Phi) is 3.37. The van der Waals surface area contributed by atoms with Gasteiger partial charge in [0.15, 0.2) is 5.79 Å². The second kappa shape index (κ2) is 5.00. The fourth-order valence-electron chi connectivity index (χ4n) is 2.97.